The first-order valence-corrected chi connectivity index (χ1v) is 7.97. The molecule has 57 valence electrons. The van der Waals surface area contributed by atoms with Gasteiger partial charge in [0.25, 0.3) is 0 Å². The first-order chi connectivity index (χ1) is 4.24. The number of rotatable bonds is 0. The van der Waals surface area contributed by atoms with Gasteiger partial charge in [0.1, 0.15) is 0 Å². The second kappa shape index (κ2) is 41.2. The van der Waals surface area contributed by atoms with E-state index in [0.29, 0.717) is 0 Å². The number of thiol groups is 1. The molecule has 0 atom stereocenters. The Balaban J connectivity index is -0.0000000257. The SMILES string of the molecule is S[S][Mo].[Mo].[O]=[Ti]=[O].[O]=[Ti]=[O]. The van der Waals surface area contributed by atoms with Crippen LogP contribution in [-0.2, 0) is 91.1 Å². The summed E-state index contributed by atoms with van der Waals surface area (Å²) in [7, 11) is 1.45. The molecule has 4 nitrogen and oxygen atoms in total. The minimum absolute atomic E-state index is 0. The summed E-state index contributed by atoms with van der Waals surface area (Å²) < 4.78 is 34.0. The van der Waals surface area contributed by atoms with E-state index < -0.39 is 38.2 Å². The molecule has 0 aliphatic rings. The summed E-state index contributed by atoms with van der Waals surface area (Å²) in [6.45, 7) is 0. The summed E-state index contributed by atoms with van der Waals surface area (Å²) in [5, 5.41) is 0. The van der Waals surface area contributed by atoms with E-state index in [1.165, 1.54) is 8.50 Å². The Morgan fingerprint density at radius 1 is 1.10 bits per heavy atom. The number of hydrogen-bond donors (Lipinski definition) is 1. The van der Waals surface area contributed by atoms with Crippen molar-refractivity contribution < 1.29 is 91.1 Å². The van der Waals surface area contributed by atoms with Crippen molar-refractivity contribution in [2.45, 2.75) is 0 Å². The van der Waals surface area contributed by atoms with Gasteiger partial charge in [0.15, 0.2) is 0 Å². The first-order valence-electron chi connectivity index (χ1n) is 1.17. The molecule has 0 fully saturated rings. The molecule has 0 amide bonds. The Bertz CT molecular complexity index is 83.4. The predicted octanol–water partition coefficient (Wildman–Crippen LogP) is 0.544. The summed E-state index contributed by atoms with van der Waals surface area (Å²) >= 11 is 1.56. The van der Waals surface area contributed by atoms with Gasteiger partial charge >= 0.3 is 90.2 Å². The third-order valence-corrected chi connectivity index (χ3v) is 0. The molecule has 0 spiro atoms. The van der Waals surface area contributed by atoms with Crippen LogP contribution in [0.5, 0.6) is 0 Å². The summed E-state index contributed by atoms with van der Waals surface area (Å²) in [6, 6.07) is 0. The molecular formula is HMo2O4S2Ti2. The van der Waals surface area contributed by atoms with Gasteiger partial charge in [0, 0.05) is 21.1 Å². The van der Waals surface area contributed by atoms with Crippen LogP contribution in [0.2, 0.25) is 0 Å². The van der Waals surface area contributed by atoms with Gasteiger partial charge in [-0.3, -0.25) is 0 Å². The fourth-order valence-electron chi connectivity index (χ4n) is 0. The molecule has 10 heavy (non-hydrogen) atoms. The van der Waals surface area contributed by atoms with Crippen LogP contribution in [-0.4, -0.2) is 0 Å². The van der Waals surface area contributed by atoms with Crippen molar-refractivity contribution in [3.05, 3.63) is 0 Å². The first kappa shape index (κ1) is 23.0. The summed E-state index contributed by atoms with van der Waals surface area (Å²) in [6.07, 6.45) is 0. The van der Waals surface area contributed by atoms with Crippen molar-refractivity contribution in [1.82, 2.24) is 0 Å². The van der Waals surface area contributed by atoms with Gasteiger partial charge < -0.3 is 0 Å². The Morgan fingerprint density at radius 2 is 1.10 bits per heavy atom. The average molecular weight is 417 g/mol. The standard InChI is InChI=1S/2Mo.4O.H2S2.2Ti/c;;;;;;1-2;;/h;;;;;;1-2H;;/q;+1;;;;;;;/p-1. The van der Waals surface area contributed by atoms with Crippen LogP contribution in [0.15, 0.2) is 0 Å². The number of hydrogen-bond acceptors (Lipinski definition) is 6. The molecule has 0 radical (unpaired) electrons. The quantitative estimate of drug-likeness (QED) is 0.355. The van der Waals surface area contributed by atoms with Gasteiger partial charge in [-0.25, -0.2) is 0 Å². The molecule has 0 unspecified atom stereocenters. The maximum atomic E-state index is 8.50. The fourth-order valence-corrected chi connectivity index (χ4v) is 0. The maximum absolute atomic E-state index is 8.50. The van der Waals surface area contributed by atoms with Crippen molar-refractivity contribution in [3.8, 4) is 0 Å². The Labute approximate surface area is 109 Å². The molecule has 0 bridgehead atoms. The van der Waals surface area contributed by atoms with Crippen LogP contribution < -0.4 is 0 Å². The van der Waals surface area contributed by atoms with Crippen LogP contribution in [0.3, 0.4) is 0 Å². The molecular weight excluding hydrogens is 416 g/mol. The van der Waals surface area contributed by atoms with Gasteiger partial charge in [-0.05, 0) is 0 Å². The molecule has 0 aliphatic heterocycles. The zero-order valence-electron chi connectivity index (χ0n) is 4.30. The minimum atomic E-state index is -2.00. The fraction of sp³-hybridized carbons (Fsp3) is 0. The molecule has 0 saturated carbocycles. The van der Waals surface area contributed by atoms with Crippen molar-refractivity contribution in [2.24, 2.45) is 0 Å². The molecule has 10 heteroatoms. The molecule has 0 aromatic carbocycles. The zero-order chi connectivity index (χ0) is 8.12. The molecule has 0 aromatic rings. The summed E-state index contributed by atoms with van der Waals surface area (Å²) in [5.41, 5.74) is 0. The summed E-state index contributed by atoms with van der Waals surface area (Å²) in [4.78, 5) is 0. The van der Waals surface area contributed by atoms with Crippen molar-refractivity contribution in [2.75, 3.05) is 0 Å². The van der Waals surface area contributed by atoms with E-state index in [1.807, 2.05) is 18.5 Å². The topological polar surface area (TPSA) is 68.3 Å². The third kappa shape index (κ3) is 138. The van der Waals surface area contributed by atoms with Gasteiger partial charge in [0.05, 0.1) is 0 Å². The Morgan fingerprint density at radius 3 is 1.10 bits per heavy atom. The molecule has 0 aromatic heterocycles. The van der Waals surface area contributed by atoms with E-state index in [0.717, 1.165) is 0 Å². The second-order valence-electron chi connectivity index (χ2n) is 0.241. The van der Waals surface area contributed by atoms with E-state index >= 15 is 0 Å². The molecule has 0 saturated heterocycles. The van der Waals surface area contributed by atoms with E-state index in [4.69, 9.17) is 13.3 Å². The van der Waals surface area contributed by atoms with Gasteiger partial charge in [-0.1, -0.05) is 0 Å². The van der Waals surface area contributed by atoms with E-state index in [9.17, 15) is 0 Å². The van der Waals surface area contributed by atoms with Crippen LogP contribution in [0.4, 0.5) is 0 Å². The molecule has 0 N–H and O–H groups in total. The molecule has 0 aliphatic carbocycles. The van der Waals surface area contributed by atoms with Gasteiger partial charge in [-0.15, -0.1) is 0 Å². The van der Waals surface area contributed by atoms with Crippen molar-refractivity contribution >= 4 is 20.2 Å². The molecule has 0 rings (SSSR count). The van der Waals surface area contributed by atoms with Gasteiger partial charge in [0.2, 0.25) is 0 Å². The average Bonchev–Trinajstić information content (AvgIpc) is 1.70. The summed E-state index contributed by atoms with van der Waals surface area (Å²) in [5.74, 6) is 0. The van der Waals surface area contributed by atoms with E-state index in [-0.39, 0.29) is 21.1 Å². The van der Waals surface area contributed by atoms with E-state index in [1.54, 1.807) is 0 Å². The van der Waals surface area contributed by atoms with E-state index in [2.05, 4.69) is 11.7 Å². The zero-order valence-corrected chi connectivity index (χ0v) is 13.2. The monoisotopic (exact) mass is 421 g/mol. The van der Waals surface area contributed by atoms with Crippen LogP contribution in [0.25, 0.3) is 0 Å². The van der Waals surface area contributed by atoms with Crippen molar-refractivity contribution in [3.63, 3.8) is 0 Å². The van der Waals surface area contributed by atoms with Crippen molar-refractivity contribution in [1.29, 1.82) is 0 Å². The Kier molecular flexibility index (Phi) is 94.7. The second-order valence-corrected chi connectivity index (χ2v) is 4.66. The van der Waals surface area contributed by atoms with Crippen LogP contribution in [0.1, 0.15) is 0 Å². The van der Waals surface area contributed by atoms with Crippen LogP contribution in [0, 0.1) is 0 Å². The predicted molar refractivity (Wildman–Crippen MR) is 19.3 cm³/mol. The normalized spacial score (nSPS) is 3.30. The molecule has 0 heterocycles. The van der Waals surface area contributed by atoms with Gasteiger partial charge in [-0.2, -0.15) is 0 Å². The Hall–Kier alpha value is 2.71. The third-order valence-electron chi connectivity index (χ3n) is 0. The van der Waals surface area contributed by atoms with Crippen LogP contribution >= 0.6 is 20.2 Å².